The molecule has 1 fully saturated rings. The molecule has 0 amide bonds. The van der Waals surface area contributed by atoms with Crippen LogP contribution in [0.5, 0.6) is 0 Å². The molecule has 8 heteroatoms. The smallest absolute Gasteiger partial charge is 0.191 e. The minimum absolute atomic E-state index is 0.0174. The summed E-state index contributed by atoms with van der Waals surface area (Å²) >= 11 is 0. The minimum Gasteiger partial charge on any atom is -0.374 e. The molecule has 28 heavy (non-hydrogen) atoms. The van der Waals surface area contributed by atoms with Crippen molar-refractivity contribution < 1.29 is 13.2 Å². The van der Waals surface area contributed by atoms with Crippen LogP contribution in [0.15, 0.2) is 40.2 Å². The second-order valence-corrected chi connectivity index (χ2v) is 9.53. The van der Waals surface area contributed by atoms with Gasteiger partial charge in [-0.25, -0.2) is 8.42 Å². The van der Waals surface area contributed by atoms with E-state index in [1.54, 1.807) is 24.3 Å². The van der Waals surface area contributed by atoms with Crippen LogP contribution < -0.4 is 10.6 Å². The number of nitrogens with zero attached hydrogens (tertiary/aromatic N) is 2. The van der Waals surface area contributed by atoms with E-state index in [-0.39, 0.29) is 11.9 Å². The van der Waals surface area contributed by atoms with Crippen molar-refractivity contribution in [3.63, 3.8) is 0 Å². The van der Waals surface area contributed by atoms with Crippen LogP contribution >= 0.6 is 0 Å². The summed E-state index contributed by atoms with van der Waals surface area (Å²) in [6.07, 6.45) is 0.0657. The van der Waals surface area contributed by atoms with Gasteiger partial charge in [-0.2, -0.15) is 0 Å². The maximum atomic E-state index is 12.4. The van der Waals surface area contributed by atoms with Crippen LogP contribution in [0.3, 0.4) is 0 Å². The molecule has 1 aromatic carbocycles. The van der Waals surface area contributed by atoms with Crippen molar-refractivity contribution in [1.82, 2.24) is 15.5 Å². The van der Waals surface area contributed by atoms with Gasteiger partial charge in [0, 0.05) is 32.7 Å². The van der Waals surface area contributed by atoms with Crippen molar-refractivity contribution in [2.24, 2.45) is 10.9 Å². The molecule has 158 valence electrons. The molecule has 0 radical (unpaired) electrons. The van der Waals surface area contributed by atoms with Gasteiger partial charge in [-0.3, -0.25) is 9.89 Å². The highest BCUT2D eigenvalue weighted by Gasteiger charge is 2.21. The van der Waals surface area contributed by atoms with E-state index in [1.165, 1.54) is 0 Å². The quantitative estimate of drug-likeness (QED) is 0.473. The van der Waals surface area contributed by atoms with E-state index in [0.717, 1.165) is 26.2 Å². The normalized spacial score (nSPS) is 19.0. The number of guanidine groups is 1. The van der Waals surface area contributed by atoms with E-state index in [0.29, 0.717) is 36.4 Å². The predicted octanol–water partition coefficient (Wildman–Crippen LogP) is 1.37. The van der Waals surface area contributed by atoms with Gasteiger partial charge < -0.3 is 15.4 Å². The van der Waals surface area contributed by atoms with Gasteiger partial charge in [-0.1, -0.05) is 32.0 Å². The van der Waals surface area contributed by atoms with E-state index in [9.17, 15) is 8.42 Å². The minimum atomic E-state index is -3.30. The molecule has 0 spiro atoms. The van der Waals surface area contributed by atoms with E-state index >= 15 is 0 Å². The summed E-state index contributed by atoms with van der Waals surface area (Å²) in [6.45, 7) is 11.6. The van der Waals surface area contributed by atoms with Crippen LogP contribution in [0, 0.1) is 5.92 Å². The average Bonchev–Trinajstić information content (AvgIpc) is 2.66. The van der Waals surface area contributed by atoms with E-state index in [4.69, 9.17) is 4.74 Å². The molecule has 2 rings (SSSR count). The van der Waals surface area contributed by atoms with Crippen LogP contribution in [-0.4, -0.2) is 77.0 Å². The Morgan fingerprint density at radius 1 is 1.29 bits per heavy atom. The Hall–Kier alpha value is -1.64. The fourth-order valence-electron chi connectivity index (χ4n) is 3.16. The number of hydrogen-bond donors (Lipinski definition) is 2. The molecule has 1 aromatic rings. The fourth-order valence-corrected chi connectivity index (χ4v) is 4.34. The first kappa shape index (κ1) is 22.6. The van der Waals surface area contributed by atoms with Crippen LogP contribution in [0.25, 0.3) is 0 Å². The highest BCUT2D eigenvalue weighted by atomic mass is 32.2. The highest BCUT2D eigenvalue weighted by Crippen LogP contribution is 2.10. The van der Waals surface area contributed by atoms with Crippen LogP contribution in [0.1, 0.15) is 20.8 Å². The summed E-state index contributed by atoms with van der Waals surface area (Å²) in [4.78, 5) is 7.36. The molecule has 7 nitrogen and oxygen atoms in total. The maximum absolute atomic E-state index is 12.4. The lowest BCUT2D eigenvalue weighted by Gasteiger charge is -2.33. The molecule has 0 aromatic heterocycles. The molecule has 0 aliphatic carbocycles. The Balaban J connectivity index is 1.85. The molecule has 0 bridgehead atoms. The zero-order valence-electron chi connectivity index (χ0n) is 17.2. The van der Waals surface area contributed by atoms with E-state index in [1.807, 2.05) is 13.0 Å². The summed E-state index contributed by atoms with van der Waals surface area (Å²) in [5.74, 6) is 1.27. The lowest BCUT2D eigenvalue weighted by Crippen LogP contribution is -2.46. The van der Waals surface area contributed by atoms with Gasteiger partial charge in [0.2, 0.25) is 0 Å². The number of ether oxygens (including phenoxy) is 1. The zero-order chi connectivity index (χ0) is 20.4. The zero-order valence-corrected chi connectivity index (χ0v) is 18.0. The lowest BCUT2D eigenvalue weighted by atomic mass is 10.2. The Labute approximate surface area is 169 Å². The first-order chi connectivity index (χ1) is 13.4. The van der Waals surface area contributed by atoms with Crippen LogP contribution in [0.2, 0.25) is 0 Å². The van der Waals surface area contributed by atoms with Crippen molar-refractivity contribution >= 4 is 15.8 Å². The maximum Gasteiger partial charge on any atom is 0.191 e. The molecule has 1 aliphatic heterocycles. The number of nitrogens with one attached hydrogen (secondary N) is 2. The number of benzene rings is 1. The van der Waals surface area contributed by atoms with Gasteiger partial charge in [-0.05, 0) is 25.0 Å². The van der Waals surface area contributed by atoms with Gasteiger partial charge >= 0.3 is 0 Å². The first-order valence-electron chi connectivity index (χ1n) is 10.0. The first-order valence-corrected chi connectivity index (χ1v) is 11.7. The summed E-state index contributed by atoms with van der Waals surface area (Å²) in [6, 6.07) is 8.52. The van der Waals surface area contributed by atoms with E-state index < -0.39 is 9.84 Å². The SMILES string of the molecule is CCNC(=NCC1CN(CC(C)C)CCO1)NCCS(=O)(=O)c1ccccc1. The average molecular weight is 411 g/mol. The molecule has 2 N–H and O–H groups in total. The molecule has 1 aliphatic rings. The van der Waals surface area contributed by atoms with Crippen LogP contribution in [0.4, 0.5) is 0 Å². The summed E-state index contributed by atoms with van der Waals surface area (Å²) in [5, 5.41) is 6.29. The fraction of sp³-hybridized carbons (Fsp3) is 0.650. The molecule has 1 saturated heterocycles. The molecular formula is C20H34N4O3S. The van der Waals surface area contributed by atoms with Crippen molar-refractivity contribution in [3.8, 4) is 0 Å². The predicted molar refractivity (Wildman–Crippen MR) is 113 cm³/mol. The monoisotopic (exact) mass is 410 g/mol. The molecule has 1 atom stereocenters. The summed E-state index contributed by atoms with van der Waals surface area (Å²) in [7, 11) is -3.30. The standard InChI is InChI=1S/C20H34N4O3S/c1-4-21-20(22-10-13-28(25,26)19-8-6-5-7-9-19)23-14-18-16-24(11-12-27-18)15-17(2)3/h5-9,17-18H,4,10-16H2,1-3H3,(H2,21,22,23). The van der Waals surface area contributed by atoms with Crippen molar-refractivity contribution in [1.29, 1.82) is 0 Å². The Morgan fingerprint density at radius 3 is 2.71 bits per heavy atom. The van der Waals surface area contributed by atoms with Crippen molar-refractivity contribution in [2.45, 2.75) is 31.8 Å². The van der Waals surface area contributed by atoms with Gasteiger partial charge in [0.05, 0.1) is 29.9 Å². The third-order valence-electron chi connectivity index (χ3n) is 4.41. The molecule has 0 saturated carbocycles. The van der Waals surface area contributed by atoms with Crippen molar-refractivity contribution in [2.75, 3.05) is 51.6 Å². The third-order valence-corrected chi connectivity index (χ3v) is 6.14. The lowest BCUT2D eigenvalue weighted by molar-refractivity contribution is -0.0261. The van der Waals surface area contributed by atoms with Gasteiger partial charge in [0.25, 0.3) is 0 Å². The number of rotatable bonds is 9. The largest absolute Gasteiger partial charge is 0.374 e. The molecule has 1 heterocycles. The molecule has 1 unspecified atom stereocenters. The number of sulfone groups is 1. The van der Waals surface area contributed by atoms with Gasteiger partial charge in [0.15, 0.2) is 15.8 Å². The van der Waals surface area contributed by atoms with Gasteiger partial charge in [-0.15, -0.1) is 0 Å². The molecular weight excluding hydrogens is 376 g/mol. The van der Waals surface area contributed by atoms with E-state index in [2.05, 4.69) is 34.4 Å². The second kappa shape index (κ2) is 11.4. The Kier molecular flexibility index (Phi) is 9.21. The highest BCUT2D eigenvalue weighted by molar-refractivity contribution is 7.91. The number of hydrogen-bond acceptors (Lipinski definition) is 5. The third kappa shape index (κ3) is 7.77. The Morgan fingerprint density at radius 2 is 2.04 bits per heavy atom. The second-order valence-electron chi connectivity index (χ2n) is 7.42. The summed E-state index contributed by atoms with van der Waals surface area (Å²) < 4.78 is 30.6. The van der Waals surface area contributed by atoms with Crippen molar-refractivity contribution in [3.05, 3.63) is 30.3 Å². The number of aliphatic imine (C=N–C) groups is 1. The topological polar surface area (TPSA) is 83.0 Å². The van der Waals surface area contributed by atoms with Crippen LogP contribution in [-0.2, 0) is 14.6 Å². The summed E-state index contributed by atoms with van der Waals surface area (Å²) in [5.41, 5.74) is 0. The van der Waals surface area contributed by atoms with Gasteiger partial charge in [0.1, 0.15) is 0 Å². The number of morpholine rings is 1. The Bertz CT molecular complexity index is 707.